The lowest BCUT2D eigenvalue weighted by Gasteiger charge is -2.30. The number of aromatic amines is 1. The number of H-pyrrole nitrogens is 1. The number of hydrogen-bond acceptors (Lipinski definition) is 3. The Morgan fingerprint density at radius 1 is 1.32 bits per heavy atom. The first-order valence-electron chi connectivity index (χ1n) is 6.83. The Morgan fingerprint density at radius 3 is 2.63 bits per heavy atom. The summed E-state index contributed by atoms with van der Waals surface area (Å²) in [5, 5.41) is 7.33. The van der Waals surface area contributed by atoms with E-state index in [1.54, 1.807) is 6.26 Å². The van der Waals surface area contributed by atoms with Crippen molar-refractivity contribution in [3.63, 3.8) is 0 Å². The summed E-state index contributed by atoms with van der Waals surface area (Å²) >= 11 is 0. The molecule has 2 heterocycles. The summed E-state index contributed by atoms with van der Waals surface area (Å²) in [6.45, 7) is 10.4. The van der Waals surface area contributed by atoms with Crippen LogP contribution < -0.4 is 0 Å². The fraction of sp³-hybridized carbons (Fsp3) is 0.533. The van der Waals surface area contributed by atoms with E-state index in [9.17, 15) is 0 Å². The van der Waals surface area contributed by atoms with Crippen LogP contribution in [0.15, 0.2) is 28.9 Å². The van der Waals surface area contributed by atoms with Gasteiger partial charge >= 0.3 is 0 Å². The van der Waals surface area contributed by atoms with Gasteiger partial charge in [-0.2, -0.15) is 5.10 Å². The highest BCUT2D eigenvalue weighted by atomic mass is 16.3. The standard InChI is InChI=1S/C15H23N3O/c1-11(2)13(4)18(10-15-6-5-7-19-15)9-14-8-12(3)16-17-14/h5-8,11,13H,9-10H2,1-4H3,(H,16,17)/t13-/m0/s1. The molecule has 0 amide bonds. The van der Waals surface area contributed by atoms with Crippen molar-refractivity contribution in [3.05, 3.63) is 41.6 Å². The van der Waals surface area contributed by atoms with E-state index in [0.29, 0.717) is 12.0 Å². The zero-order valence-corrected chi connectivity index (χ0v) is 12.2. The van der Waals surface area contributed by atoms with Crippen molar-refractivity contribution in [2.75, 3.05) is 0 Å². The molecule has 0 bridgehead atoms. The van der Waals surface area contributed by atoms with Gasteiger partial charge in [0.05, 0.1) is 18.5 Å². The van der Waals surface area contributed by atoms with Crippen LogP contribution in [0.1, 0.15) is 37.9 Å². The van der Waals surface area contributed by atoms with Crippen molar-refractivity contribution in [1.82, 2.24) is 15.1 Å². The number of aromatic nitrogens is 2. The molecule has 0 aliphatic rings. The first-order valence-corrected chi connectivity index (χ1v) is 6.83. The molecule has 4 nitrogen and oxygen atoms in total. The second kappa shape index (κ2) is 6.06. The van der Waals surface area contributed by atoms with E-state index in [4.69, 9.17) is 4.42 Å². The predicted molar refractivity (Wildman–Crippen MR) is 75.6 cm³/mol. The van der Waals surface area contributed by atoms with Gasteiger partial charge in [0.1, 0.15) is 5.76 Å². The Bertz CT molecular complexity index is 487. The maximum Gasteiger partial charge on any atom is 0.117 e. The molecule has 0 saturated heterocycles. The van der Waals surface area contributed by atoms with Crippen molar-refractivity contribution in [3.8, 4) is 0 Å². The molecule has 2 aromatic heterocycles. The predicted octanol–water partition coefficient (Wildman–Crippen LogP) is 3.36. The van der Waals surface area contributed by atoms with E-state index in [-0.39, 0.29) is 0 Å². The molecule has 0 aliphatic carbocycles. The van der Waals surface area contributed by atoms with Crippen LogP contribution in [-0.4, -0.2) is 21.1 Å². The van der Waals surface area contributed by atoms with Crippen LogP contribution >= 0.6 is 0 Å². The fourth-order valence-corrected chi connectivity index (χ4v) is 2.13. The van der Waals surface area contributed by atoms with E-state index in [2.05, 4.69) is 41.9 Å². The third-order valence-corrected chi connectivity index (χ3v) is 3.60. The van der Waals surface area contributed by atoms with Crippen molar-refractivity contribution in [2.24, 2.45) is 5.92 Å². The van der Waals surface area contributed by atoms with Gasteiger partial charge in [-0.15, -0.1) is 0 Å². The number of rotatable bonds is 6. The molecule has 2 rings (SSSR count). The highest BCUT2D eigenvalue weighted by Crippen LogP contribution is 2.17. The van der Waals surface area contributed by atoms with Gasteiger partial charge in [-0.3, -0.25) is 10.00 Å². The van der Waals surface area contributed by atoms with Gasteiger partial charge in [-0.1, -0.05) is 13.8 Å². The average molecular weight is 261 g/mol. The van der Waals surface area contributed by atoms with Gasteiger partial charge in [0.15, 0.2) is 0 Å². The smallest absolute Gasteiger partial charge is 0.117 e. The van der Waals surface area contributed by atoms with Gasteiger partial charge in [0.2, 0.25) is 0 Å². The molecule has 104 valence electrons. The normalized spacial score (nSPS) is 13.4. The minimum atomic E-state index is 0.474. The Morgan fingerprint density at radius 2 is 2.11 bits per heavy atom. The van der Waals surface area contributed by atoms with Gasteiger partial charge in [0, 0.05) is 18.3 Å². The monoisotopic (exact) mass is 261 g/mol. The minimum absolute atomic E-state index is 0.474. The number of aryl methyl sites for hydroxylation is 1. The second-order valence-corrected chi connectivity index (χ2v) is 5.51. The average Bonchev–Trinajstić information content (AvgIpc) is 2.99. The number of nitrogens with zero attached hydrogens (tertiary/aromatic N) is 2. The van der Waals surface area contributed by atoms with E-state index < -0.39 is 0 Å². The van der Waals surface area contributed by atoms with Gasteiger partial charge in [-0.25, -0.2) is 0 Å². The van der Waals surface area contributed by atoms with Crippen LogP contribution in [0, 0.1) is 12.8 Å². The topological polar surface area (TPSA) is 45.1 Å². The van der Waals surface area contributed by atoms with Crippen molar-refractivity contribution in [2.45, 2.75) is 46.8 Å². The zero-order chi connectivity index (χ0) is 13.8. The molecular weight excluding hydrogens is 238 g/mol. The summed E-state index contributed by atoms with van der Waals surface area (Å²) in [6.07, 6.45) is 1.73. The van der Waals surface area contributed by atoms with Crippen molar-refractivity contribution in [1.29, 1.82) is 0 Å². The van der Waals surface area contributed by atoms with Crippen LogP contribution in [0.5, 0.6) is 0 Å². The molecule has 0 radical (unpaired) electrons. The van der Waals surface area contributed by atoms with Gasteiger partial charge < -0.3 is 4.42 Å². The molecule has 4 heteroatoms. The number of furan rings is 1. The Kier molecular flexibility index (Phi) is 4.43. The first kappa shape index (κ1) is 13.9. The molecule has 0 saturated carbocycles. The quantitative estimate of drug-likeness (QED) is 0.867. The maximum absolute atomic E-state index is 5.47. The van der Waals surface area contributed by atoms with E-state index in [1.807, 2.05) is 19.1 Å². The molecule has 0 aromatic carbocycles. The Balaban J connectivity index is 2.09. The highest BCUT2D eigenvalue weighted by Gasteiger charge is 2.19. The number of hydrogen-bond donors (Lipinski definition) is 1. The van der Waals surface area contributed by atoms with Crippen LogP contribution in [-0.2, 0) is 13.1 Å². The molecule has 2 aromatic rings. The van der Waals surface area contributed by atoms with Crippen molar-refractivity contribution >= 4 is 0 Å². The van der Waals surface area contributed by atoms with E-state index in [0.717, 1.165) is 30.2 Å². The molecule has 1 N–H and O–H groups in total. The minimum Gasteiger partial charge on any atom is -0.468 e. The van der Waals surface area contributed by atoms with Crippen molar-refractivity contribution < 1.29 is 4.42 Å². The zero-order valence-electron chi connectivity index (χ0n) is 12.2. The van der Waals surface area contributed by atoms with Crippen LogP contribution in [0.3, 0.4) is 0 Å². The van der Waals surface area contributed by atoms with Crippen LogP contribution in [0.25, 0.3) is 0 Å². The third kappa shape index (κ3) is 3.70. The molecule has 0 spiro atoms. The summed E-state index contributed by atoms with van der Waals surface area (Å²) in [5.74, 6) is 1.59. The maximum atomic E-state index is 5.47. The molecule has 0 aliphatic heterocycles. The first-order chi connectivity index (χ1) is 9.06. The molecule has 0 fully saturated rings. The summed E-state index contributed by atoms with van der Waals surface area (Å²) in [4.78, 5) is 2.40. The number of nitrogens with one attached hydrogen (secondary N) is 1. The third-order valence-electron chi connectivity index (χ3n) is 3.60. The Labute approximate surface area is 114 Å². The highest BCUT2D eigenvalue weighted by molar-refractivity contribution is 5.07. The van der Waals surface area contributed by atoms with Crippen LogP contribution in [0.2, 0.25) is 0 Å². The fourth-order valence-electron chi connectivity index (χ4n) is 2.13. The summed E-state index contributed by atoms with van der Waals surface area (Å²) in [5.41, 5.74) is 2.18. The largest absolute Gasteiger partial charge is 0.468 e. The molecule has 19 heavy (non-hydrogen) atoms. The second-order valence-electron chi connectivity index (χ2n) is 5.51. The molecular formula is C15H23N3O. The van der Waals surface area contributed by atoms with Crippen LogP contribution in [0.4, 0.5) is 0 Å². The van der Waals surface area contributed by atoms with E-state index >= 15 is 0 Å². The lowest BCUT2D eigenvalue weighted by Crippen LogP contribution is -2.35. The lowest BCUT2D eigenvalue weighted by atomic mass is 10.0. The molecule has 0 unspecified atom stereocenters. The lowest BCUT2D eigenvalue weighted by molar-refractivity contribution is 0.139. The summed E-state index contributed by atoms with van der Waals surface area (Å²) in [6, 6.07) is 6.53. The van der Waals surface area contributed by atoms with Gasteiger partial charge in [-0.05, 0) is 38.0 Å². The van der Waals surface area contributed by atoms with Gasteiger partial charge in [0.25, 0.3) is 0 Å². The SMILES string of the molecule is Cc1cc(CN(Cc2ccco2)[C@@H](C)C(C)C)n[nH]1. The Hall–Kier alpha value is -1.55. The summed E-state index contributed by atoms with van der Waals surface area (Å²) < 4.78 is 5.47. The summed E-state index contributed by atoms with van der Waals surface area (Å²) in [7, 11) is 0. The van der Waals surface area contributed by atoms with E-state index in [1.165, 1.54) is 0 Å². The molecule has 1 atom stereocenters.